The number of rotatable bonds is 5. The van der Waals surface area contributed by atoms with E-state index in [4.69, 9.17) is 10.5 Å². The maximum atomic E-state index is 11.4. The fraction of sp³-hybridized carbons (Fsp3) is 0.917. The fourth-order valence-electron chi connectivity index (χ4n) is 2.22. The first-order chi connectivity index (χ1) is 8.08. The minimum Gasteiger partial charge on any atom is -0.465 e. The number of carbonyl (C=O) groups is 1. The van der Waals surface area contributed by atoms with E-state index in [0.29, 0.717) is 19.2 Å². The molecule has 1 heterocycles. The molecule has 0 aliphatic carbocycles. The molecule has 1 aliphatic rings. The van der Waals surface area contributed by atoms with Gasteiger partial charge in [-0.3, -0.25) is 9.69 Å². The van der Waals surface area contributed by atoms with Crippen LogP contribution in [-0.2, 0) is 9.53 Å². The highest BCUT2D eigenvalue weighted by Gasteiger charge is 2.26. The van der Waals surface area contributed by atoms with Gasteiger partial charge in [-0.1, -0.05) is 6.92 Å². The first-order valence-corrected chi connectivity index (χ1v) is 6.43. The van der Waals surface area contributed by atoms with Gasteiger partial charge in [-0.15, -0.1) is 0 Å². The molecular formula is C12H25N3O2. The summed E-state index contributed by atoms with van der Waals surface area (Å²) in [5, 5.41) is 0. The van der Waals surface area contributed by atoms with Crippen LogP contribution in [0, 0.1) is 0 Å². The van der Waals surface area contributed by atoms with E-state index < -0.39 is 6.04 Å². The highest BCUT2D eigenvalue weighted by atomic mass is 16.5. The Morgan fingerprint density at radius 1 is 1.47 bits per heavy atom. The van der Waals surface area contributed by atoms with Crippen molar-refractivity contribution in [3.05, 3.63) is 0 Å². The molecule has 5 nitrogen and oxygen atoms in total. The number of ether oxygens (including phenoxy) is 1. The largest absolute Gasteiger partial charge is 0.465 e. The average Bonchev–Trinajstić information content (AvgIpc) is 2.31. The average molecular weight is 243 g/mol. The van der Waals surface area contributed by atoms with Crippen LogP contribution in [0.4, 0.5) is 0 Å². The molecule has 1 saturated heterocycles. The van der Waals surface area contributed by atoms with Crippen molar-refractivity contribution in [1.29, 1.82) is 0 Å². The van der Waals surface area contributed by atoms with Gasteiger partial charge < -0.3 is 15.4 Å². The molecular weight excluding hydrogens is 218 g/mol. The Hall–Kier alpha value is -0.650. The second-order valence-electron chi connectivity index (χ2n) is 4.66. The number of carbonyl (C=O) groups excluding carboxylic acids is 1. The van der Waals surface area contributed by atoms with Crippen LogP contribution in [0.3, 0.4) is 0 Å². The summed E-state index contributed by atoms with van der Waals surface area (Å²) in [7, 11) is 2.15. The smallest absolute Gasteiger partial charge is 0.324 e. The predicted octanol–water partition coefficient (Wildman–Crippen LogP) is -0.0972. The Kier molecular flexibility index (Phi) is 5.88. The van der Waals surface area contributed by atoms with Crippen molar-refractivity contribution in [3.63, 3.8) is 0 Å². The molecule has 2 N–H and O–H groups in total. The third-order valence-electron chi connectivity index (χ3n) is 3.38. The second-order valence-corrected chi connectivity index (χ2v) is 4.66. The number of hydrogen-bond acceptors (Lipinski definition) is 5. The number of likely N-dealkylation sites (N-methyl/N-ethyl adjacent to an activating group) is 1. The Morgan fingerprint density at radius 3 is 2.76 bits per heavy atom. The Morgan fingerprint density at radius 2 is 2.18 bits per heavy atom. The quantitative estimate of drug-likeness (QED) is 0.684. The molecule has 0 saturated carbocycles. The molecule has 0 amide bonds. The fourth-order valence-corrected chi connectivity index (χ4v) is 2.22. The van der Waals surface area contributed by atoms with Crippen molar-refractivity contribution in [2.24, 2.45) is 5.73 Å². The Bertz CT molecular complexity index is 248. The van der Waals surface area contributed by atoms with Crippen molar-refractivity contribution in [3.8, 4) is 0 Å². The highest BCUT2D eigenvalue weighted by molar-refractivity contribution is 5.75. The van der Waals surface area contributed by atoms with Crippen LogP contribution in [0.1, 0.15) is 20.3 Å². The van der Waals surface area contributed by atoms with Gasteiger partial charge in [0.05, 0.1) is 6.61 Å². The van der Waals surface area contributed by atoms with Gasteiger partial charge >= 0.3 is 5.97 Å². The molecule has 1 aliphatic heterocycles. The van der Waals surface area contributed by atoms with Crippen LogP contribution in [0.2, 0.25) is 0 Å². The number of nitrogens with zero attached hydrogens (tertiary/aromatic N) is 2. The SMILES string of the molecule is CCOC(=O)C(N)CN1CCN(C)C(CC)C1. The zero-order valence-corrected chi connectivity index (χ0v) is 11.2. The lowest BCUT2D eigenvalue weighted by molar-refractivity contribution is -0.145. The number of nitrogens with two attached hydrogens (primary N) is 1. The zero-order valence-electron chi connectivity index (χ0n) is 11.2. The molecule has 2 atom stereocenters. The van der Waals surface area contributed by atoms with Crippen LogP contribution >= 0.6 is 0 Å². The van der Waals surface area contributed by atoms with Gasteiger partial charge in [-0.25, -0.2) is 0 Å². The van der Waals surface area contributed by atoms with Crippen LogP contribution in [-0.4, -0.2) is 67.7 Å². The molecule has 5 heteroatoms. The lowest BCUT2D eigenvalue weighted by Gasteiger charge is -2.39. The van der Waals surface area contributed by atoms with Gasteiger partial charge in [0.1, 0.15) is 6.04 Å². The first-order valence-electron chi connectivity index (χ1n) is 6.43. The topological polar surface area (TPSA) is 58.8 Å². The van der Waals surface area contributed by atoms with Crippen molar-refractivity contribution in [2.45, 2.75) is 32.4 Å². The lowest BCUT2D eigenvalue weighted by Crippen LogP contribution is -2.54. The minimum atomic E-state index is -0.518. The van der Waals surface area contributed by atoms with Gasteiger partial charge in [0.15, 0.2) is 0 Å². The third kappa shape index (κ3) is 4.26. The minimum absolute atomic E-state index is 0.292. The van der Waals surface area contributed by atoms with E-state index in [-0.39, 0.29) is 5.97 Å². The Balaban J connectivity index is 2.39. The van der Waals surface area contributed by atoms with Crippen LogP contribution in [0.5, 0.6) is 0 Å². The molecule has 0 aromatic heterocycles. The van der Waals surface area contributed by atoms with E-state index in [9.17, 15) is 4.79 Å². The van der Waals surface area contributed by atoms with E-state index in [0.717, 1.165) is 26.1 Å². The number of hydrogen-bond donors (Lipinski definition) is 1. The standard InChI is InChI=1S/C12H25N3O2/c1-4-10-8-15(7-6-14(10)3)9-11(13)12(16)17-5-2/h10-11H,4-9,13H2,1-3H3. The molecule has 0 radical (unpaired) electrons. The second kappa shape index (κ2) is 6.93. The molecule has 0 bridgehead atoms. The summed E-state index contributed by atoms with van der Waals surface area (Å²) in [6.07, 6.45) is 1.13. The van der Waals surface area contributed by atoms with Gasteiger partial charge in [0.25, 0.3) is 0 Å². The van der Waals surface area contributed by atoms with Crippen molar-refractivity contribution >= 4 is 5.97 Å². The van der Waals surface area contributed by atoms with E-state index in [1.807, 2.05) is 0 Å². The van der Waals surface area contributed by atoms with E-state index in [2.05, 4.69) is 23.8 Å². The number of piperazine rings is 1. The summed E-state index contributed by atoms with van der Waals surface area (Å²) >= 11 is 0. The summed E-state index contributed by atoms with van der Waals surface area (Å²) in [5.41, 5.74) is 5.83. The molecule has 1 rings (SSSR count). The predicted molar refractivity (Wildman–Crippen MR) is 67.8 cm³/mol. The summed E-state index contributed by atoms with van der Waals surface area (Å²) in [5.74, 6) is -0.292. The van der Waals surface area contributed by atoms with Gasteiger partial charge in [0.2, 0.25) is 0 Å². The molecule has 17 heavy (non-hydrogen) atoms. The lowest BCUT2D eigenvalue weighted by atomic mass is 10.1. The van der Waals surface area contributed by atoms with Crippen LogP contribution < -0.4 is 5.73 Å². The molecule has 100 valence electrons. The first kappa shape index (κ1) is 14.4. The number of esters is 1. The maximum Gasteiger partial charge on any atom is 0.324 e. The monoisotopic (exact) mass is 243 g/mol. The zero-order chi connectivity index (χ0) is 12.8. The van der Waals surface area contributed by atoms with E-state index in [1.54, 1.807) is 6.92 Å². The molecule has 0 aromatic rings. The van der Waals surface area contributed by atoms with E-state index in [1.165, 1.54) is 0 Å². The van der Waals surface area contributed by atoms with E-state index >= 15 is 0 Å². The normalized spacial score (nSPS) is 24.6. The molecule has 0 spiro atoms. The summed E-state index contributed by atoms with van der Waals surface area (Å²) in [4.78, 5) is 16.1. The molecule has 0 aromatic carbocycles. The highest BCUT2D eigenvalue weighted by Crippen LogP contribution is 2.10. The summed E-state index contributed by atoms with van der Waals surface area (Å²) in [6, 6.07) is 0.0500. The Labute approximate surface area is 104 Å². The summed E-state index contributed by atoms with van der Waals surface area (Å²) < 4.78 is 4.92. The van der Waals surface area contributed by atoms with Crippen molar-refractivity contribution in [1.82, 2.24) is 9.80 Å². The van der Waals surface area contributed by atoms with Gasteiger partial charge in [-0.2, -0.15) is 0 Å². The van der Waals surface area contributed by atoms with Gasteiger partial charge in [-0.05, 0) is 20.4 Å². The third-order valence-corrected chi connectivity index (χ3v) is 3.38. The maximum absolute atomic E-state index is 11.4. The molecule has 1 fully saturated rings. The summed E-state index contributed by atoms with van der Waals surface area (Å²) in [6.45, 7) is 7.98. The van der Waals surface area contributed by atoms with Crippen LogP contribution in [0.25, 0.3) is 0 Å². The molecule has 2 unspecified atom stereocenters. The van der Waals surface area contributed by atoms with Crippen molar-refractivity contribution in [2.75, 3.05) is 39.8 Å². The van der Waals surface area contributed by atoms with Crippen molar-refractivity contribution < 1.29 is 9.53 Å². The van der Waals surface area contributed by atoms with Crippen LogP contribution in [0.15, 0.2) is 0 Å². The van der Waals surface area contributed by atoms with Gasteiger partial charge in [0, 0.05) is 32.2 Å².